The second-order valence-corrected chi connectivity index (χ2v) is 8.94. The Morgan fingerprint density at radius 1 is 1.32 bits per heavy atom. The molecule has 1 aliphatic carbocycles. The average molecular weight is 322 g/mol. The number of rotatable bonds is 5. The van der Waals surface area contributed by atoms with Gasteiger partial charge in [-0.25, -0.2) is 8.42 Å². The van der Waals surface area contributed by atoms with Crippen molar-refractivity contribution in [2.75, 3.05) is 14.1 Å². The van der Waals surface area contributed by atoms with Crippen molar-refractivity contribution in [2.24, 2.45) is 0 Å². The van der Waals surface area contributed by atoms with Gasteiger partial charge in [-0.3, -0.25) is 0 Å². The fourth-order valence-corrected chi connectivity index (χ4v) is 4.05. The number of hydrogen-bond acceptors (Lipinski definition) is 3. The maximum atomic E-state index is 12.4. The molecule has 0 spiro atoms. The molecule has 4 nitrogen and oxygen atoms in total. The molecule has 0 aliphatic heterocycles. The topological polar surface area (TPSA) is 42.3 Å². The SMILES string of the molecule is [2H]C([2H])(n1ccc2cc(S(=O)(=O)C3CC3)ccc21)C(C)(C)N(C)C. The van der Waals surface area contributed by atoms with E-state index in [0.29, 0.717) is 10.4 Å². The third-order valence-corrected chi connectivity index (χ3v) is 6.73. The fourth-order valence-electron chi connectivity index (χ4n) is 2.36. The zero-order valence-corrected chi connectivity index (χ0v) is 14.3. The molecule has 1 aromatic heterocycles. The van der Waals surface area contributed by atoms with Crippen LogP contribution in [0.25, 0.3) is 10.9 Å². The lowest BCUT2D eigenvalue weighted by Gasteiger charge is -2.33. The summed E-state index contributed by atoms with van der Waals surface area (Å²) in [6.07, 6.45) is 3.17. The lowest BCUT2D eigenvalue weighted by Crippen LogP contribution is -2.41. The molecule has 5 heteroatoms. The summed E-state index contributed by atoms with van der Waals surface area (Å²) in [6.45, 7) is 2.05. The first-order valence-corrected chi connectivity index (χ1v) is 9.07. The predicted molar refractivity (Wildman–Crippen MR) is 89.9 cm³/mol. The molecule has 1 aliphatic rings. The fraction of sp³-hybridized carbons (Fsp3) is 0.529. The Balaban J connectivity index is 2.09. The minimum Gasteiger partial charge on any atom is -0.346 e. The van der Waals surface area contributed by atoms with Gasteiger partial charge in [0.05, 0.1) is 12.9 Å². The average Bonchev–Trinajstić information content (AvgIpc) is 3.26. The van der Waals surface area contributed by atoms with Crippen molar-refractivity contribution in [1.82, 2.24) is 9.47 Å². The van der Waals surface area contributed by atoms with E-state index in [1.165, 1.54) is 0 Å². The van der Waals surface area contributed by atoms with Crippen molar-refractivity contribution in [2.45, 2.75) is 48.9 Å². The normalized spacial score (nSPS) is 18.6. The van der Waals surface area contributed by atoms with Gasteiger partial charge in [-0.2, -0.15) is 0 Å². The minimum atomic E-state index is -3.24. The van der Waals surface area contributed by atoms with E-state index in [0.717, 1.165) is 18.2 Å². The van der Waals surface area contributed by atoms with Crippen molar-refractivity contribution in [3.63, 3.8) is 0 Å². The summed E-state index contributed by atoms with van der Waals surface area (Å²) < 4.78 is 43.6. The zero-order chi connectivity index (χ0) is 17.9. The van der Waals surface area contributed by atoms with Gasteiger partial charge in [-0.15, -0.1) is 0 Å². The molecular weight excluding hydrogens is 296 g/mol. The third kappa shape index (κ3) is 2.68. The molecule has 22 heavy (non-hydrogen) atoms. The molecule has 0 amide bonds. The van der Waals surface area contributed by atoms with Gasteiger partial charge >= 0.3 is 0 Å². The first kappa shape index (κ1) is 13.1. The second-order valence-electron chi connectivity index (χ2n) is 6.72. The van der Waals surface area contributed by atoms with Gasteiger partial charge in [-0.1, -0.05) is 0 Å². The summed E-state index contributed by atoms with van der Waals surface area (Å²) in [5, 5.41) is 0.506. The van der Waals surface area contributed by atoms with E-state index < -0.39 is 21.9 Å². The van der Waals surface area contributed by atoms with Crippen LogP contribution in [-0.4, -0.2) is 42.8 Å². The number of sulfone groups is 1. The van der Waals surface area contributed by atoms with Crippen LogP contribution in [0.5, 0.6) is 0 Å². The molecule has 0 unspecified atom stereocenters. The maximum Gasteiger partial charge on any atom is 0.181 e. The molecule has 3 rings (SSSR count). The van der Waals surface area contributed by atoms with Crippen LogP contribution in [-0.2, 0) is 16.3 Å². The Kier molecular flexibility index (Phi) is 3.05. The Morgan fingerprint density at radius 3 is 2.59 bits per heavy atom. The van der Waals surface area contributed by atoms with E-state index >= 15 is 0 Å². The van der Waals surface area contributed by atoms with Crippen molar-refractivity contribution >= 4 is 20.7 Å². The minimum absolute atomic E-state index is 0.240. The Morgan fingerprint density at radius 2 is 2.00 bits per heavy atom. The van der Waals surface area contributed by atoms with E-state index in [4.69, 9.17) is 2.74 Å². The van der Waals surface area contributed by atoms with Crippen LogP contribution >= 0.6 is 0 Å². The molecule has 2 aromatic rings. The highest BCUT2D eigenvalue weighted by atomic mass is 32.2. The van der Waals surface area contributed by atoms with Crippen LogP contribution in [0.15, 0.2) is 35.4 Å². The smallest absolute Gasteiger partial charge is 0.181 e. The molecule has 0 bridgehead atoms. The molecule has 0 N–H and O–H groups in total. The van der Waals surface area contributed by atoms with Crippen LogP contribution in [0, 0.1) is 0 Å². The third-order valence-electron chi connectivity index (χ3n) is 4.47. The van der Waals surface area contributed by atoms with Crippen molar-refractivity contribution in [3.8, 4) is 0 Å². The van der Waals surface area contributed by atoms with Crippen molar-refractivity contribution in [3.05, 3.63) is 30.5 Å². The van der Waals surface area contributed by atoms with Gasteiger partial charge in [0.15, 0.2) is 9.84 Å². The van der Waals surface area contributed by atoms with Crippen LogP contribution in [0.4, 0.5) is 0 Å². The number of benzene rings is 1. The summed E-state index contributed by atoms with van der Waals surface area (Å²) in [4.78, 5) is 2.19. The summed E-state index contributed by atoms with van der Waals surface area (Å²) in [6, 6.07) is 6.77. The highest BCUT2D eigenvalue weighted by Gasteiger charge is 2.36. The molecule has 120 valence electrons. The molecular formula is C17H24N2O2S. The molecule has 1 aromatic carbocycles. The Bertz CT molecular complexity index is 881. The lowest BCUT2D eigenvalue weighted by atomic mass is 10.0. The summed E-state index contributed by atoms with van der Waals surface area (Å²) in [5.41, 5.74) is -0.0396. The Labute approximate surface area is 135 Å². The van der Waals surface area contributed by atoms with Crippen LogP contribution < -0.4 is 0 Å². The van der Waals surface area contributed by atoms with Gasteiger partial charge in [0.2, 0.25) is 0 Å². The summed E-state index contributed by atoms with van der Waals surface area (Å²) in [7, 11) is 0.466. The van der Waals surface area contributed by atoms with Crippen molar-refractivity contribution < 1.29 is 11.2 Å². The van der Waals surface area contributed by atoms with Gasteiger partial charge < -0.3 is 9.47 Å². The quantitative estimate of drug-likeness (QED) is 0.850. The number of likely N-dealkylation sites (N-methyl/N-ethyl adjacent to an activating group) is 1. The van der Waals surface area contributed by atoms with E-state index in [1.54, 1.807) is 35.0 Å². The lowest BCUT2D eigenvalue weighted by molar-refractivity contribution is 0.171. The molecule has 1 fully saturated rings. The highest BCUT2D eigenvalue weighted by Crippen LogP contribution is 2.34. The Hall–Kier alpha value is -1.33. The number of aromatic nitrogens is 1. The van der Waals surface area contributed by atoms with Gasteiger partial charge in [-0.05, 0) is 65.0 Å². The maximum absolute atomic E-state index is 12.4. The van der Waals surface area contributed by atoms with E-state index in [9.17, 15) is 8.42 Å². The van der Waals surface area contributed by atoms with Crippen LogP contribution in [0.2, 0.25) is 0 Å². The van der Waals surface area contributed by atoms with E-state index in [-0.39, 0.29) is 5.25 Å². The number of hydrogen-bond donors (Lipinski definition) is 0. The first-order chi connectivity index (χ1) is 11.0. The van der Waals surface area contributed by atoms with Gasteiger partial charge in [0.1, 0.15) is 0 Å². The predicted octanol–water partition coefficient (Wildman–Crippen LogP) is 2.92. The van der Waals surface area contributed by atoms with Crippen molar-refractivity contribution in [1.29, 1.82) is 0 Å². The largest absolute Gasteiger partial charge is 0.346 e. The summed E-state index contributed by atoms with van der Waals surface area (Å²) in [5.74, 6) is 0. The summed E-state index contributed by atoms with van der Waals surface area (Å²) >= 11 is 0. The monoisotopic (exact) mass is 322 g/mol. The van der Waals surface area contributed by atoms with E-state index in [2.05, 4.69) is 0 Å². The number of fused-ring (bicyclic) bond motifs is 1. The van der Waals surface area contributed by atoms with Gasteiger partial charge in [0, 0.05) is 29.1 Å². The zero-order valence-electron chi connectivity index (χ0n) is 15.5. The van der Waals surface area contributed by atoms with E-state index in [1.807, 2.05) is 32.8 Å². The standard InChI is InChI=1S/C17H24N2O2S/c1-17(2,18(3)4)12-19-10-9-13-11-15(7-8-16(13)19)22(20,21)14-5-6-14/h7-11,14H,5-6,12H2,1-4H3/i12D2. The first-order valence-electron chi connectivity index (χ1n) is 8.52. The number of nitrogens with zero attached hydrogens (tertiary/aromatic N) is 2. The van der Waals surface area contributed by atoms with Crippen LogP contribution in [0.1, 0.15) is 29.4 Å². The molecule has 0 radical (unpaired) electrons. The molecule has 0 atom stereocenters. The molecule has 1 saturated carbocycles. The second kappa shape index (κ2) is 5.10. The molecule has 0 saturated heterocycles. The molecule has 1 heterocycles. The van der Waals surface area contributed by atoms with Gasteiger partial charge in [0.25, 0.3) is 0 Å². The van der Waals surface area contributed by atoms with Crippen LogP contribution in [0.3, 0.4) is 0 Å². The highest BCUT2D eigenvalue weighted by molar-refractivity contribution is 7.92.